The van der Waals surface area contributed by atoms with Crippen LogP contribution in [0.3, 0.4) is 0 Å². The molecule has 1 nitrogen and oxygen atoms in total. The van der Waals surface area contributed by atoms with E-state index in [0.29, 0.717) is 5.44 Å². The van der Waals surface area contributed by atoms with Crippen LogP contribution in [-0.4, -0.2) is 5.44 Å². The van der Waals surface area contributed by atoms with Crippen LogP contribution in [0.25, 0.3) is 0 Å². The second-order valence-corrected chi connectivity index (χ2v) is 3.94. The van der Waals surface area contributed by atoms with Gasteiger partial charge in [-0.2, -0.15) is 0 Å². The minimum Gasteiger partial charge on any atom is -0.363 e. The average molecular weight is 166 g/mol. The van der Waals surface area contributed by atoms with Crippen LogP contribution in [0, 0.1) is 0 Å². The van der Waals surface area contributed by atoms with Crippen molar-refractivity contribution >= 4 is 11.8 Å². The number of hydrogen-bond acceptors (Lipinski definition) is 2. The van der Waals surface area contributed by atoms with E-state index in [-0.39, 0.29) is 0 Å². The molecule has 11 heavy (non-hydrogen) atoms. The molecule has 1 aromatic carbocycles. The van der Waals surface area contributed by atoms with Gasteiger partial charge in [0.25, 0.3) is 0 Å². The second kappa shape index (κ2) is 2.88. The van der Waals surface area contributed by atoms with Crippen molar-refractivity contribution in [2.24, 2.45) is 0 Å². The fourth-order valence-electron chi connectivity index (χ4n) is 1.16. The van der Waals surface area contributed by atoms with Crippen molar-refractivity contribution in [1.82, 2.24) is 0 Å². The van der Waals surface area contributed by atoms with E-state index in [1.165, 1.54) is 10.5 Å². The van der Waals surface area contributed by atoms with Crippen molar-refractivity contribution in [1.29, 1.82) is 0 Å². The molecular weight excluding hydrogens is 156 g/mol. The van der Waals surface area contributed by atoms with Crippen LogP contribution in [0.1, 0.15) is 12.5 Å². The third kappa shape index (κ3) is 1.42. The highest BCUT2D eigenvalue weighted by Crippen LogP contribution is 2.32. The Morgan fingerprint density at radius 3 is 3.18 bits per heavy atom. The molecule has 0 aromatic heterocycles. The number of fused-ring (bicyclic) bond motifs is 1. The van der Waals surface area contributed by atoms with Gasteiger partial charge in [-0.3, -0.25) is 0 Å². The molecule has 0 N–H and O–H groups in total. The molecule has 2 rings (SSSR count). The first-order valence-electron chi connectivity index (χ1n) is 3.72. The molecule has 0 saturated heterocycles. The van der Waals surface area contributed by atoms with Crippen LogP contribution in [-0.2, 0) is 11.3 Å². The van der Waals surface area contributed by atoms with E-state index in [1.54, 1.807) is 11.8 Å². The summed E-state index contributed by atoms with van der Waals surface area (Å²) in [6.45, 7) is 2.85. The molecule has 0 fully saturated rings. The highest BCUT2D eigenvalue weighted by molar-refractivity contribution is 7.99. The van der Waals surface area contributed by atoms with Gasteiger partial charge >= 0.3 is 0 Å². The first kappa shape index (κ1) is 7.19. The van der Waals surface area contributed by atoms with Gasteiger partial charge in [0, 0.05) is 4.90 Å². The maximum atomic E-state index is 5.47. The van der Waals surface area contributed by atoms with Crippen molar-refractivity contribution in [3.05, 3.63) is 29.8 Å². The number of thioether (sulfide) groups is 1. The Morgan fingerprint density at radius 1 is 1.45 bits per heavy atom. The average Bonchev–Trinajstić information content (AvgIpc) is 2.04. The Bertz CT molecular complexity index is 259. The van der Waals surface area contributed by atoms with Gasteiger partial charge in [-0.15, -0.1) is 0 Å². The van der Waals surface area contributed by atoms with Crippen molar-refractivity contribution in [3.8, 4) is 0 Å². The van der Waals surface area contributed by atoms with Crippen molar-refractivity contribution < 1.29 is 4.74 Å². The Kier molecular flexibility index (Phi) is 1.88. The molecule has 58 valence electrons. The first-order valence-corrected chi connectivity index (χ1v) is 4.60. The first-order chi connectivity index (χ1) is 5.36. The molecule has 2 heteroatoms. The quantitative estimate of drug-likeness (QED) is 0.586. The lowest BCUT2D eigenvalue weighted by Gasteiger charge is -2.20. The zero-order chi connectivity index (χ0) is 7.68. The number of benzene rings is 1. The molecule has 0 amide bonds. The van der Waals surface area contributed by atoms with Gasteiger partial charge in [0.05, 0.1) is 6.61 Å². The lowest BCUT2D eigenvalue weighted by molar-refractivity contribution is 0.104. The lowest BCUT2D eigenvalue weighted by atomic mass is 10.2. The topological polar surface area (TPSA) is 9.23 Å². The van der Waals surface area contributed by atoms with Gasteiger partial charge in [-0.1, -0.05) is 30.0 Å². The van der Waals surface area contributed by atoms with E-state index in [2.05, 4.69) is 31.2 Å². The summed E-state index contributed by atoms with van der Waals surface area (Å²) in [5, 5.41) is 0. The molecule has 1 heterocycles. The standard InChI is InChI=1S/C9H10OS/c1-7-10-6-8-4-2-3-5-9(8)11-7/h2-5,7H,6H2,1H3. The summed E-state index contributed by atoms with van der Waals surface area (Å²) in [5.74, 6) is 0. The molecule has 1 aliphatic heterocycles. The van der Waals surface area contributed by atoms with Gasteiger partial charge in [-0.25, -0.2) is 0 Å². The molecule has 0 aliphatic carbocycles. The van der Waals surface area contributed by atoms with E-state index in [1.807, 2.05) is 0 Å². The highest BCUT2D eigenvalue weighted by atomic mass is 32.2. The summed E-state index contributed by atoms with van der Waals surface area (Å²) in [6, 6.07) is 8.40. The van der Waals surface area contributed by atoms with Gasteiger partial charge in [0.2, 0.25) is 0 Å². The molecule has 1 aliphatic rings. The third-order valence-electron chi connectivity index (χ3n) is 1.74. The smallest absolute Gasteiger partial charge is 0.105 e. The Labute approximate surface area is 70.8 Å². The normalized spacial score (nSPS) is 22.8. The van der Waals surface area contributed by atoms with Crippen molar-refractivity contribution in [2.75, 3.05) is 0 Å². The number of ether oxygens (including phenoxy) is 1. The van der Waals surface area contributed by atoms with Gasteiger partial charge < -0.3 is 4.74 Å². The minimum absolute atomic E-state index is 0.310. The molecular formula is C9H10OS. The van der Waals surface area contributed by atoms with E-state index in [9.17, 15) is 0 Å². The van der Waals surface area contributed by atoms with Crippen LogP contribution in [0.5, 0.6) is 0 Å². The maximum absolute atomic E-state index is 5.47. The summed E-state index contributed by atoms with van der Waals surface area (Å²) in [5.41, 5.74) is 1.63. The Morgan fingerprint density at radius 2 is 2.27 bits per heavy atom. The summed E-state index contributed by atoms with van der Waals surface area (Å²) in [7, 11) is 0. The summed E-state index contributed by atoms with van der Waals surface area (Å²) < 4.78 is 5.47. The third-order valence-corrected chi connectivity index (χ3v) is 2.86. The van der Waals surface area contributed by atoms with Crippen molar-refractivity contribution in [3.63, 3.8) is 0 Å². The van der Waals surface area contributed by atoms with Crippen LogP contribution in [0.2, 0.25) is 0 Å². The Balaban J connectivity index is 2.34. The summed E-state index contributed by atoms with van der Waals surface area (Å²) in [4.78, 5) is 1.37. The predicted octanol–water partition coefficient (Wildman–Crippen LogP) is 2.65. The highest BCUT2D eigenvalue weighted by Gasteiger charge is 2.14. The van der Waals surface area contributed by atoms with Crippen LogP contribution in [0.4, 0.5) is 0 Å². The monoisotopic (exact) mass is 166 g/mol. The summed E-state index contributed by atoms with van der Waals surface area (Å²) in [6.07, 6.45) is 0. The van der Waals surface area contributed by atoms with E-state index < -0.39 is 0 Å². The zero-order valence-corrected chi connectivity index (χ0v) is 7.23. The molecule has 0 bridgehead atoms. The predicted molar refractivity (Wildman–Crippen MR) is 46.6 cm³/mol. The molecule has 1 aromatic rings. The second-order valence-electron chi connectivity index (χ2n) is 2.60. The van der Waals surface area contributed by atoms with Crippen LogP contribution < -0.4 is 0 Å². The fraction of sp³-hybridized carbons (Fsp3) is 0.333. The molecule has 0 radical (unpaired) electrons. The zero-order valence-electron chi connectivity index (χ0n) is 6.41. The molecule has 1 atom stereocenters. The maximum Gasteiger partial charge on any atom is 0.105 e. The van der Waals surface area contributed by atoms with E-state index in [0.717, 1.165) is 6.61 Å². The number of hydrogen-bond donors (Lipinski definition) is 0. The largest absolute Gasteiger partial charge is 0.363 e. The van der Waals surface area contributed by atoms with Crippen LogP contribution in [0.15, 0.2) is 29.2 Å². The van der Waals surface area contributed by atoms with Crippen LogP contribution >= 0.6 is 11.8 Å². The van der Waals surface area contributed by atoms with Gasteiger partial charge in [0.1, 0.15) is 5.44 Å². The van der Waals surface area contributed by atoms with Crippen molar-refractivity contribution in [2.45, 2.75) is 23.9 Å². The van der Waals surface area contributed by atoms with Gasteiger partial charge in [0.15, 0.2) is 0 Å². The Hall–Kier alpha value is -0.470. The van der Waals surface area contributed by atoms with E-state index >= 15 is 0 Å². The van der Waals surface area contributed by atoms with Gasteiger partial charge in [-0.05, 0) is 18.6 Å². The molecule has 0 saturated carbocycles. The molecule has 0 spiro atoms. The fourth-order valence-corrected chi connectivity index (χ4v) is 2.09. The minimum atomic E-state index is 0.310. The SMILES string of the molecule is CC1OCc2ccccc2S1. The molecule has 1 unspecified atom stereocenters. The summed E-state index contributed by atoms with van der Waals surface area (Å²) >= 11 is 1.79. The lowest BCUT2D eigenvalue weighted by Crippen LogP contribution is -2.09. The van der Waals surface area contributed by atoms with E-state index in [4.69, 9.17) is 4.74 Å². The number of rotatable bonds is 0.